The number of nitrogens with one attached hydrogen (secondary N) is 1. The van der Waals surface area contributed by atoms with Crippen molar-refractivity contribution in [1.82, 2.24) is 24.5 Å². The van der Waals surface area contributed by atoms with Crippen LogP contribution in [0.2, 0.25) is 5.02 Å². The van der Waals surface area contributed by atoms with E-state index < -0.39 is 11.7 Å². The van der Waals surface area contributed by atoms with Gasteiger partial charge in [0.25, 0.3) is 5.91 Å². The Labute approximate surface area is 180 Å². The van der Waals surface area contributed by atoms with Gasteiger partial charge in [-0.2, -0.15) is 0 Å². The first-order chi connectivity index (χ1) is 14.4. The molecule has 0 unspecified atom stereocenters. The lowest BCUT2D eigenvalue weighted by atomic mass is 10.2. The molecule has 2 aromatic heterocycles. The van der Waals surface area contributed by atoms with Crippen molar-refractivity contribution in [3.05, 3.63) is 77.1 Å². The summed E-state index contributed by atoms with van der Waals surface area (Å²) in [4.78, 5) is 17.9. The quantitative estimate of drug-likeness (QED) is 0.492. The summed E-state index contributed by atoms with van der Waals surface area (Å²) in [6.07, 6.45) is 3.62. The van der Waals surface area contributed by atoms with Crippen molar-refractivity contribution in [2.24, 2.45) is 7.05 Å². The van der Waals surface area contributed by atoms with Gasteiger partial charge in [0.15, 0.2) is 10.9 Å². The van der Waals surface area contributed by atoms with Crippen LogP contribution in [0.15, 0.2) is 64.9 Å². The lowest BCUT2D eigenvalue weighted by Gasteiger charge is -2.07. The van der Waals surface area contributed by atoms with E-state index in [9.17, 15) is 9.18 Å². The molecule has 4 aromatic rings. The number of hydrogen-bond acceptors (Lipinski definition) is 5. The summed E-state index contributed by atoms with van der Waals surface area (Å²) in [6.45, 7) is 1.65. The normalized spacial score (nSPS) is 10.9. The Bertz CT molecular complexity index is 1220. The van der Waals surface area contributed by atoms with Crippen LogP contribution in [0.5, 0.6) is 0 Å². The van der Waals surface area contributed by atoms with Gasteiger partial charge in [-0.3, -0.25) is 4.79 Å². The van der Waals surface area contributed by atoms with Crippen molar-refractivity contribution in [1.29, 1.82) is 0 Å². The molecule has 10 heteroatoms. The Kier molecular flexibility index (Phi) is 5.56. The molecular formula is C20H16ClFN6OS. The Morgan fingerprint density at radius 2 is 1.97 bits per heavy atom. The molecule has 1 N–H and O–H groups in total. The van der Waals surface area contributed by atoms with Crippen LogP contribution >= 0.6 is 23.4 Å². The van der Waals surface area contributed by atoms with Gasteiger partial charge in [0.2, 0.25) is 0 Å². The van der Waals surface area contributed by atoms with Gasteiger partial charge in [0.1, 0.15) is 11.5 Å². The molecule has 0 atom stereocenters. The molecule has 4 rings (SSSR count). The van der Waals surface area contributed by atoms with Crippen molar-refractivity contribution >= 4 is 35.0 Å². The molecule has 0 saturated carbocycles. The molecule has 7 nitrogen and oxygen atoms in total. The molecule has 2 heterocycles. The summed E-state index contributed by atoms with van der Waals surface area (Å²) >= 11 is 7.31. The monoisotopic (exact) mass is 442 g/mol. The average Bonchev–Trinajstić information content (AvgIpc) is 3.29. The average molecular weight is 443 g/mol. The molecular weight excluding hydrogens is 427 g/mol. The highest BCUT2D eigenvalue weighted by atomic mass is 35.5. The van der Waals surface area contributed by atoms with Gasteiger partial charge in [-0.25, -0.2) is 14.1 Å². The van der Waals surface area contributed by atoms with Crippen LogP contribution in [0.25, 0.3) is 5.69 Å². The van der Waals surface area contributed by atoms with Gasteiger partial charge >= 0.3 is 0 Å². The van der Waals surface area contributed by atoms with Crippen LogP contribution in [0, 0.1) is 12.7 Å². The lowest BCUT2D eigenvalue weighted by Crippen LogP contribution is -2.14. The molecule has 0 bridgehead atoms. The summed E-state index contributed by atoms with van der Waals surface area (Å²) in [6, 6.07) is 11.6. The number of benzene rings is 2. The van der Waals surface area contributed by atoms with Gasteiger partial charge in [0.05, 0.1) is 5.69 Å². The fourth-order valence-corrected chi connectivity index (χ4v) is 3.73. The van der Waals surface area contributed by atoms with E-state index in [2.05, 4.69) is 20.6 Å². The highest BCUT2D eigenvalue weighted by Crippen LogP contribution is 2.27. The number of carbonyl (C=O) groups excluding carboxylic acids is 1. The predicted molar refractivity (Wildman–Crippen MR) is 113 cm³/mol. The zero-order valence-corrected chi connectivity index (χ0v) is 17.6. The summed E-state index contributed by atoms with van der Waals surface area (Å²) in [5.74, 6) is -0.985. The van der Waals surface area contributed by atoms with Gasteiger partial charge in [-0.05, 0) is 49.4 Å². The third-order valence-electron chi connectivity index (χ3n) is 4.35. The molecule has 0 spiro atoms. The molecule has 0 aliphatic carbocycles. The van der Waals surface area contributed by atoms with Crippen LogP contribution in [0.4, 0.5) is 10.1 Å². The zero-order chi connectivity index (χ0) is 21.3. The van der Waals surface area contributed by atoms with E-state index >= 15 is 0 Å². The summed E-state index contributed by atoms with van der Waals surface area (Å²) in [7, 11) is 1.93. The van der Waals surface area contributed by atoms with Crippen molar-refractivity contribution in [2.75, 3.05) is 5.32 Å². The second kappa shape index (κ2) is 8.29. The summed E-state index contributed by atoms with van der Waals surface area (Å²) in [5.41, 5.74) is 1.29. The van der Waals surface area contributed by atoms with E-state index in [0.717, 1.165) is 10.1 Å². The van der Waals surface area contributed by atoms with Crippen LogP contribution in [-0.2, 0) is 7.05 Å². The fourth-order valence-electron chi connectivity index (χ4n) is 2.77. The summed E-state index contributed by atoms with van der Waals surface area (Å²) in [5, 5.41) is 11.8. The Hall–Kier alpha value is -3.17. The van der Waals surface area contributed by atoms with Gasteiger partial charge in [-0.1, -0.05) is 28.6 Å². The van der Waals surface area contributed by atoms with Crippen LogP contribution in [0.1, 0.15) is 16.2 Å². The molecule has 0 radical (unpaired) electrons. The molecule has 0 saturated heterocycles. The first-order valence-electron chi connectivity index (χ1n) is 8.86. The highest BCUT2D eigenvalue weighted by Gasteiger charge is 2.19. The van der Waals surface area contributed by atoms with E-state index in [1.807, 2.05) is 29.9 Å². The summed E-state index contributed by atoms with van der Waals surface area (Å²) < 4.78 is 17.4. The fraction of sp³-hybridized carbons (Fsp3) is 0.100. The molecule has 30 heavy (non-hydrogen) atoms. The number of amides is 1. The third kappa shape index (κ3) is 4.07. The minimum absolute atomic E-state index is 0.107. The molecule has 152 valence electrons. The van der Waals surface area contributed by atoms with E-state index in [-0.39, 0.29) is 16.4 Å². The Balaban J connectivity index is 1.49. The number of aryl methyl sites for hydroxylation is 1. The minimum Gasteiger partial charge on any atom is -0.329 e. The molecule has 0 aliphatic heterocycles. The molecule has 0 aliphatic rings. The third-order valence-corrected chi connectivity index (χ3v) is 5.66. The minimum atomic E-state index is -0.553. The van der Waals surface area contributed by atoms with Crippen molar-refractivity contribution < 1.29 is 9.18 Å². The Morgan fingerprint density at radius 3 is 2.63 bits per heavy atom. The number of halogens is 2. The number of nitrogens with zero attached hydrogens (tertiary/aromatic N) is 5. The van der Waals surface area contributed by atoms with Crippen molar-refractivity contribution in [3.63, 3.8) is 0 Å². The van der Waals surface area contributed by atoms with E-state index in [0.29, 0.717) is 11.4 Å². The van der Waals surface area contributed by atoms with Gasteiger partial charge in [-0.15, -0.1) is 5.10 Å². The second-order valence-electron chi connectivity index (χ2n) is 6.43. The van der Waals surface area contributed by atoms with E-state index in [1.165, 1.54) is 28.6 Å². The SMILES string of the molecule is Cc1c(C(=O)Nc2ccc(Sc3nccn3C)cc2)nnn1-c1ccc(Cl)cc1F. The zero-order valence-electron chi connectivity index (χ0n) is 16.0. The van der Waals surface area contributed by atoms with Crippen molar-refractivity contribution in [3.8, 4) is 5.69 Å². The maximum atomic E-state index is 14.2. The number of rotatable bonds is 5. The molecule has 1 amide bonds. The largest absolute Gasteiger partial charge is 0.329 e. The number of anilines is 1. The number of carbonyl (C=O) groups is 1. The van der Waals surface area contributed by atoms with Gasteiger partial charge < -0.3 is 9.88 Å². The lowest BCUT2D eigenvalue weighted by molar-refractivity contribution is 0.102. The van der Waals surface area contributed by atoms with E-state index in [4.69, 9.17) is 11.6 Å². The highest BCUT2D eigenvalue weighted by molar-refractivity contribution is 7.99. The van der Waals surface area contributed by atoms with Crippen LogP contribution < -0.4 is 5.32 Å². The topological polar surface area (TPSA) is 77.6 Å². The first-order valence-corrected chi connectivity index (χ1v) is 10.1. The second-order valence-corrected chi connectivity index (χ2v) is 7.91. The maximum absolute atomic E-state index is 14.2. The molecule has 2 aromatic carbocycles. The van der Waals surface area contributed by atoms with Crippen molar-refractivity contribution in [2.45, 2.75) is 17.0 Å². The number of imidazole rings is 1. The maximum Gasteiger partial charge on any atom is 0.278 e. The van der Waals surface area contributed by atoms with Gasteiger partial charge in [0, 0.05) is 35.0 Å². The Morgan fingerprint density at radius 1 is 1.20 bits per heavy atom. The number of aromatic nitrogens is 5. The number of hydrogen-bond donors (Lipinski definition) is 1. The standard InChI is InChI=1S/C20H16ClFN6OS/c1-12-18(25-26-28(12)17-8-3-13(21)11-16(17)22)19(29)24-14-4-6-15(7-5-14)30-20-23-9-10-27(20)2/h3-11H,1-2H3,(H,24,29). The van der Waals surface area contributed by atoms with E-state index in [1.54, 1.807) is 31.3 Å². The first kappa shape index (κ1) is 20.1. The van der Waals surface area contributed by atoms with Crippen LogP contribution in [0.3, 0.4) is 0 Å². The van der Waals surface area contributed by atoms with Crippen LogP contribution in [-0.4, -0.2) is 30.5 Å². The smallest absolute Gasteiger partial charge is 0.278 e. The predicted octanol–water partition coefficient (Wildman–Crippen LogP) is 4.51. The molecule has 0 fully saturated rings.